The second kappa shape index (κ2) is 23.0. The molecule has 1 fully saturated rings. The Bertz CT molecular complexity index is 1970. The molecular formula is C41H47F2N5O11. The number of carbonyl (C=O) groups excluding carboxylic acids is 1. The lowest BCUT2D eigenvalue weighted by Gasteiger charge is -2.34. The summed E-state index contributed by atoms with van der Waals surface area (Å²) in [6, 6.07) is 16.4. The molecule has 2 aromatic heterocycles. The predicted molar refractivity (Wildman–Crippen MR) is 210 cm³/mol. The minimum Gasteiger partial charge on any atom is -0.478 e. The van der Waals surface area contributed by atoms with E-state index in [-0.39, 0.29) is 29.8 Å². The van der Waals surface area contributed by atoms with E-state index in [2.05, 4.69) is 20.3 Å². The first-order valence-corrected chi connectivity index (χ1v) is 18.4. The smallest absolute Gasteiger partial charge is 0.328 e. The fourth-order valence-electron chi connectivity index (χ4n) is 5.58. The number of halogens is 2. The van der Waals surface area contributed by atoms with Gasteiger partial charge in [0.1, 0.15) is 29.0 Å². The zero-order chi connectivity index (χ0) is 43.5. The van der Waals surface area contributed by atoms with Crippen molar-refractivity contribution in [1.29, 1.82) is 0 Å². The van der Waals surface area contributed by atoms with Gasteiger partial charge in [0.05, 0.1) is 24.6 Å². The predicted octanol–water partition coefficient (Wildman–Crippen LogP) is 5.34. The molecule has 1 saturated heterocycles. The summed E-state index contributed by atoms with van der Waals surface area (Å²) >= 11 is 0. The van der Waals surface area contributed by atoms with Gasteiger partial charge in [-0.3, -0.25) is 4.79 Å². The number of esters is 1. The Morgan fingerprint density at radius 3 is 1.76 bits per heavy atom. The zero-order valence-corrected chi connectivity index (χ0v) is 32.7. The first-order valence-electron chi connectivity index (χ1n) is 18.4. The monoisotopic (exact) mass is 823 g/mol. The molecule has 5 N–H and O–H groups in total. The number of hydrogen-bond acceptors (Lipinski definition) is 11. The maximum absolute atomic E-state index is 13.6. The largest absolute Gasteiger partial charge is 0.478 e. The van der Waals surface area contributed by atoms with E-state index in [1.54, 1.807) is 55.7 Å². The molecule has 59 heavy (non-hydrogen) atoms. The summed E-state index contributed by atoms with van der Waals surface area (Å²) in [5.41, 5.74) is 2.12. The van der Waals surface area contributed by atoms with Gasteiger partial charge in [0, 0.05) is 43.9 Å². The third kappa shape index (κ3) is 16.1. The maximum atomic E-state index is 13.6. The number of carbonyl (C=O) groups is 5. The van der Waals surface area contributed by atoms with Gasteiger partial charge in [-0.05, 0) is 94.1 Å². The van der Waals surface area contributed by atoms with Crippen molar-refractivity contribution in [2.24, 2.45) is 0 Å². The van der Waals surface area contributed by atoms with E-state index in [4.69, 9.17) is 29.9 Å². The number of rotatable bonds is 16. The van der Waals surface area contributed by atoms with Crippen LogP contribution in [0.25, 0.3) is 5.65 Å². The highest BCUT2D eigenvalue weighted by molar-refractivity contribution is 5.90. The summed E-state index contributed by atoms with van der Waals surface area (Å²) in [7, 11) is 0. The Morgan fingerprint density at radius 2 is 1.31 bits per heavy atom. The van der Waals surface area contributed by atoms with E-state index in [0.29, 0.717) is 42.3 Å². The molecule has 0 amide bonds. The Kier molecular flexibility index (Phi) is 18.3. The van der Waals surface area contributed by atoms with Crippen molar-refractivity contribution in [2.75, 3.05) is 38.1 Å². The molecule has 4 aromatic rings. The lowest BCUT2D eigenvalue weighted by atomic mass is 9.90. The fraction of sp³-hybridized carbons (Fsp3) is 0.341. The second-order valence-electron chi connectivity index (χ2n) is 13.5. The molecular weight excluding hydrogens is 776 g/mol. The fourth-order valence-corrected chi connectivity index (χ4v) is 5.58. The third-order valence-electron chi connectivity index (χ3n) is 8.65. The van der Waals surface area contributed by atoms with Crippen LogP contribution >= 0.6 is 0 Å². The first-order chi connectivity index (χ1) is 28.0. The van der Waals surface area contributed by atoms with E-state index in [1.807, 2.05) is 12.1 Å². The Balaban J connectivity index is 0.000000490. The van der Waals surface area contributed by atoms with Crippen LogP contribution in [0.15, 0.2) is 91.2 Å². The molecule has 0 saturated carbocycles. The number of likely N-dealkylation sites (tertiary alicyclic amines) is 1. The summed E-state index contributed by atoms with van der Waals surface area (Å²) in [6.07, 6.45) is 6.40. The normalized spacial score (nSPS) is 13.4. The van der Waals surface area contributed by atoms with Gasteiger partial charge in [0.25, 0.3) is 0 Å². The molecule has 1 aliphatic heterocycles. The number of aliphatic carboxylic acids is 4. The number of imidazole rings is 1. The van der Waals surface area contributed by atoms with E-state index in [9.17, 15) is 32.8 Å². The van der Waals surface area contributed by atoms with Crippen LogP contribution in [0.4, 0.5) is 14.6 Å². The van der Waals surface area contributed by atoms with E-state index >= 15 is 0 Å². The number of carboxylic acid groups (broad SMARTS) is 4. The Labute approximate surface area is 338 Å². The molecule has 0 radical (unpaired) electrons. The van der Waals surface area contributed by atoms with Crippen molar-refractivity contribution >= 4 is 41.3 Å². The zero-order valence-electron chi connectivity index (χ0n) is 32.7. The first kappa shape index (κ1) is 46.8. The molecule has 0 unspecified atom stereocenters. The summed E-state index contributed by atoms with van der Waals surface area (Å²) < 4.78 is 40.5. The van der Waals surface area contributed by atoms with Crippen molar-refractivity contribution in [3.63, 3.8) is 0 Å². The molecule has 18 heteroatoms. The number of aromatic nitrogens is 3. The Hall–Kier alpha value is -6.53. The average Bonchev–Trinajstić information content (AvgIpc) is 3.64. The molecule has 316 valence electrons. The van der Waals surface area contributed by atoms with Crippen molar-refractivity contribution in [3.8, 4) is 0 Å². The van der Waals surface area contributed by atoms with Crippen LogP contribution in [0.2, 0.25) is 0 Å². The summed E-state index contributed by atoms with van der Waals surface area (Å²) in [4.78, 5) is 57.6. The Morgan fingerprint density at radius 1 is 0.814 bits per heavy atom. The standard InChI is InChI=1S/C33H39F2N5O3.2C4H4O4/c1-4-42-32(41)33(2,3)28-22-40-30(37-28)15-14-29(38-40)36-18-5-19-39-20-16-27(17-21-39)43-31(23-6-10-25(34)11-7-23)24-8-12-26(35)13-9-24;2*5-3(6)1-2-4(7)8/h6-15,22,27,31H,4-5,16-21H2,1-3H3,(H,36,38);2*1-2H,(H,5,6)(H,7,8). The molecule has 0 bridgehead atoms. The number of carboxylic acids is 4. The van der Waals surface area contributed by atoms with Crippen LogP contribution in [0.3, 0.4) is 0 Å². The van der Waals surface area contributed by atoms with Gasteiger partial charge in [-0.2, -0.15) is 0 Å². The van der Waals surface area contributed by atoms with Crippen LogP contribution in [0.5, 0.6) is 0 Å². The summed E-state index contributed by atoms with van der Waals surface area (Å²) in [5, 5.41) is 39.3. The molecule has 2 aromatic carbocycles. The number of anilines is 1. The molecule has 0 spiro atoms. The highest BCUT2D eigenvalue weighted by Crippen LogP contribution is 2.31. The van der Waals surface area contributed by atoms with Gasteiger partial charge in [-0.1, -0.05) is 24.3 Å². The number of nitrogens with one attached hydrogen (secondary N) is 1. The van der Waals surface area contributed by atoms with Crippen LogP contribution in [-0.4, -0.2) is 109 Å². The van der Waals surface area contributed by atoms with E-state index < -0.39 is 29.3 Å². The van der Waals surface area contributed by atoms with Gasteiger partial charge in [0.2, 0.25) is 0 Å². The van der Waals surface area contributed by atoms with Crippen molar-refractivity contribution in [2.45, 2.75) is 57.7 Å². The number of benzene rings is 2. The van der Waals surface area contributed by atoms with Crippen LogP contribution in [0.1, 0.15) is 63.0 Å². The maximum Gasteiger partial charge on any atom is 0.328 e. The van der Waals surface area contributed by atoms with Gasteiger partial charge < -0.3 is 40.1 Å². The summed E-state index contributed by atoms with van der Waals surface area (Å²) in [5.74, 6) is -5.20. The van der Waals surface area contributed by atoms with Gasteiger partial charge in [-0.25, -0.2) is 37.5 Å². The lowest BCUT2D eigenvalue weighted by Crippen LogP contribution is -2.38. The second-order valence-corrected chi connectivity index (χ2v) is 13.5. The van der Waals surface area contributed by atoms with Crippen molar-refractivity contribution < 1.29 is 62.7 Å². The SMILES string of the molecule is CCOC(=O)C(C)(C)c1cn2nc(NCCCN3CCC(OC(c4ccc(F)cc4)c4ccc(F)cc4)CC3)ccc2n1.O=C(O)C=CC(=O)O.O=C(O)C=CC(=O)O. The highest BCUT2D eigenvalue weighted by Gasteiger charge is 2.34. The molecule has 0 atom stereocenters. The van der Waals surface area contributed by atoms with Crippen molar-refractivity contribution in [1.82, 2.24) is 19.5 Å². The highest BCUT2D eigenvalue weighted by atomic mass is 19.1. The van der Waals surface area contributed by atoms with Gasteiger partial charge in [-0.15, -0.1) is 5.10 Å². The number of piperidine rings is 1. The average molecular weight is 824 g/mol. The minimum absolute atomic E-state index is 0.0549. The van der Waals surface area contributed by atoms with Crippen LogP contribution < -0.4 is 5.32 Å². The third-order valence-corrected chi connectivity index (χ3v) is 8.65. The van der Waals surface area contributed by atoms with E-state index in [0.717, 1.165) is 62.4 Å². The topological polar surface area (TPSA) is 230 Å². The van der Waals surface area contributed by atoms with Crippen molar-refractivity contribution in [3.05, 3.63) is 120 Å². The van der Waals surface area contributed by atoms with E-state index in [1.165, 1.54) is 24.3 Å². The number of hydrogen-bond donors (Lipinski definition) is 5. The van der Waals surface area contributed by atoms with Crippen LogP contribution in [-0.2, 0) is 38.9 Å². The number of ether oxygens (including phenoxy) is 2. The summed E-state index contributed by atoms with van der Waals surface area (Å²) in [6.45, 7) is 9.27. The number of nitrogens with zero attached hydrogens (tertiary/aromatic N) is 4. The molecule has 1 aliphatic rings. The van der Waals surface area contributed by atoms with Gasteiger partial charge >= 0.3 is 29.8 Å². The molecule has 3 heterocycles. The lowest BCUT2D eigenvalue weighted by molar-refractivity contribution is -0.149. The molecule has 5 rings (SSSR count). The molecule has 0 aliphatic carbocycles. The molecule has 16 nitrogen and oxygen atoms in total. The van der Waals surface area contributed by atoms with Gasteiger partial charge in [0.15, 0.2) is 5.65 Å². The number of fused-ring (bicyclic) bond motifs is 1. The quantitative estimate of drug-likeness (QED) is 0.0545. The minimum atomic E-state index is -1.26. The van der Waals surface area contributed by atoms with Crippen LogP contribution in [0, 0.1) is 11.6 Å².